The zero-order valence-corrected chi connectivity index (χ0v) is 22.6. The summed E-state index contributed by atoms with van der Waals surface area (Å²) >= 11 is 6.01. The van der Waals surface area contributed by atoms with E-state index in [1.54, 1.807) is 26.1 Å². The largest absolute Gasteiger partial charge is 0.444 e. The average Bonchev–Trinajstić information content (AvgIpc) is 3.71. The number of carbonyl (C=O) groups is 3. The molecule has 1 unspecified atom stereocenters. The Morgan fingerprint density at radius 2 is 1.63 bits per heavy atom. The monoisotopic (exact) mass is 563 g/mol. The van der Waals surface area contributed by atoms with E-state index in [1.165, 1.54) is 13.0 Å². The van der Waals surface area contributed by atoms with Crippen molar-refractivity contribution in [2.24, 2.45) is 17.8 Å². The lowest BCUT2D eigenvalue weighted by atomic mass is 9.88. The van der Waals surface area contributed by atoms with Crippen LogP contribution >= 0.6 is 11.6 Å². The van der Waals surface area contributed by atoms with Crippen molar-refractivity contribution in [3.8, 4) is 0 Å². The molecule has 7 nitrogen and oxygen atoms in total. The fraction of sp³-hybridized carbons (Fsp3) is 0.654. The van der Waals surface area contributed by atoms with Crippen molar-refractivity contribution in [2.75, 3.05) is 11.9 Å². The van der Waals surface area contributed by atoms with E-state index >= 15 is 4.39 Å². The van der Waals surface area contributed by atoms with E-state index < -0.39 is 54.0 Å². The first-order chi connectivity index (χ1) is 17.6. The van der Waals surface area contributed by atoms with Crippen LogP contribution in [-0.2, 0) is 20.2 Å². The van der Waals surface area contributed by atoms with Crippen molar-refractivity contribution < 1.29 is 36.7 Å². The molecule has 0 radical (unpaired) electrons. The minimum atomic E-state index is -4.59. The number of amides is 3. The van der Waals surface area contributed by atoms with Crippen molar-refractivity contribution in [2.45, 2.75) is 83.0 Å². The molecule has 0 bridgehead atoms. The predicted octanol–water partition coefficient (Wildman–Crippen LogP) is 5.61. The fourth-order valence-electron chi connectivity index (χ4n) is 4.60. The number of alkyl carbamates (subject to hydrolysis) is 1. The van der Waals surface area contributed by atoms with E-state index in [0.29, 0.717) is 0 Å². The molecule has 2 aliphatic rings. The molecule has 0 spiro atoms. The predicted molar refractivity (Wildman–Crippen MR) is 134 cm³/mol. The van der Waals surface area contributed by atoms with E-state index in [1.807, 2.05) is 0 Å². The van der Waals surface area contributed by atoms with Gasteiger partial charge in [-0.3, -0.25) is 9.59 Å². The number of nitrogens with one attached hydrogen (secondary N) is 3. The highest BCUT2D eigenvalue weighted by Crippen LogP contribution is 2.51. The summed E-state index contributed by atoms with van der Waals surface area (Å²) in [5.41, 5.74) is -0.610. The molecule has 0 aromatic heterocycles. The third-order valence-corrected chi connectivity index (χ3v) is 6.91. The number of ether oxygens (including phenoxy) is 1. The molecule has 0 saturated heterocycles. The van der Waals surface area contributed by atoms with Crippen molar-refractivity contribution in [3.05, 3.63) is 29.1 Å². The van der Waals surface area contributed by atoms with Crippen molar-refractivity contribution in [3.63, 3.8) is 0 Å². The molecule has 2 saturated carbocycles. The van der Waals surface area contributed by atoms with E-state index in [-0.39, 0.29) is 40.4 Å². The Hall–Kier alpha value is -2.56. The molecule has 2 atom stereocenters. The summed E-state index contributed by atoms with van der Waals surface area (Å²) in [6.07, 6.45) is -1.58. The van der Waals surface area contributed by atoms with Gasteiger partial charge in [0, 0.05) is 5.88 Å². The second kappa shape index (κ2) is 11.7. The maximum Gasteiger partial charge on any atom is 0.408 e. The summed E-state index contributed by atoms with van der Waals surface area (Å²) in [4.78, 5) is 38.2. The van der Waals surface area contributed by atoms with Gasteiger partial charge in [-0.25, -0.2) is 9.18 Å². The molecule has 38 heavy (non-hydrogen) atoms. The van der Waals surface area contributed by atoms with Crippen LogP contribution in [0.4, 0.5) is 28.0 Å². The van der Waals surface area contributed by atoms with Gasteiger partial charge in [0.25, 0.3) is 0 Å². The summed E-state index contributed by atoms with van der Waals surface area (Å²) in [5, 5.41) is 7.02. The molecule has 1 aromatic rings. The zero-order chi connectivity index (χ0) is 28.4. The second-order valence-electron chi connectivity index (χ2n) is 11.1. The number of carbonyl (C=O) groups excluding carboxylic acids is 3. The summed E-state index contributed by atoms with van der Waals surface area (Å²) in [5.74, 6) is -3.31. The molecule has 0 aliphatic heterocycles. The third-order valence-electron chi connectivity index (χ3n) is 6.63. The van der Waals surface area contributed by atoms with Crippen LogP contribution in [0.3, 0.4) is 0 Å². The Balaban J connectivity index is 1.81. The van der Waals surface area contributed by atoms with Gasteiger partial charge in [-0.1, -0.05) is 0 Å². The highest BCUT2D eigenvalue weighted by molar-refractivity contribution is 6.17. The standard InChI is InChI=1S/C26H34ClF4N3O4/c1-13(22(35)32-12-26(29,30)31)17-10-18(28)19(9-16(17)11-27)33-23(36)21(34-24(37)38-25(2,3)4)20(14-5-6-14)15-7-8-15/h9-10,13-15,20-21H,5-8,11-12H2,1-4H3,(H,32,35)(H,33,36)(H,34,37)/t13?,21-/m0/s1. The summed E-state index contributed by atoms with van der Waals surface area (Å²) in [6, 6.07) is 1.30. The average molecular weight is 564 g/mol. The van der Waals surface area contributed by atoms with Gasteiger partial charge in [0.1, 0.15) is 24.0 Å². The Morgan fingerprint density at radius 3 is 2.11 bits per heavy atom. The van der Waals surface area contributed by atoms with Crippen LogP contribution in [0.1, 0.15) is 70.4 Å². The normalized spacial score (nSPS) is 17.5. The van der Waals surface area contributed by atoms with Gasteiger partial charge in [0.2, 0.25) is 11.8 Å². The topological polar surface area (TPSA) is 96.5 Å². The van der Waals surface area contributed by atoms with Gasteiger partial charge >= 0.3 is 12.3 Å². The van der Waals surface area contributed by atoms with Crippen LogP contribution in [-0.4, -0.2) is 42.3 Å². The quantitative estimate of drug-likeness (QED) is 0.254. The number of halogens is 5. The van der Waals surface area contributed by atoms with E-state index in [2.05, 4.69) is 10.6 Å². The first-order valence-corrected chi connectivity index (χ1v) is 13.2. The number of hydrogen-bond acceptors (Lipinski definition) is 4. The smallest absolute Gasteiger partial charge is 0.408 e. The lowest BCUT2D eigenvalue weighted by Crippen LogP contribution is -2.51. The Kier molecular flexibility index (Phi) is 9.21. The van der Waals surface area contributed by atoms with Gasteiger partial charge < -0.3 is 20.7 Å². The van der Waals surface area contributed by atoms with Gasteiger partial charge in [0.05, 0.1) is 11.6 Å². The number of benzene rings is 1. The molecule has 12 heteroatoms. The summed E-state index contributed by atoms with van der Waals surface area (Å²) in [7, 11) is 0. The SMILES string of the molecule is CC(C(=O)NCC(F)(F)F)c1cc(F)c(NC(=O)[C@@H](NC(=O)OC(C)(C)C)C(C2CC2)C2CC2)cc1CCl. The van der Waals surface area contributed by atoms with E-state index in [9.17, 15) is 27.6 Å². The van der Waals surface area contributed by atoms with Crippen LogP contribution in [0, 0.1) is 23.6 Å². The van der Waals surface area contributed by atoms with Crippen LogP contribution in [0.2, 0.25) is 0 Å². The highest BCUT2D eigenvalue weighted by atomic mass is 35.5. The molecule has 3 rings (SSSR count). The van der Waals surface area contributed by atoms with E-state index in [0.717, 1.165) is 31.7 Å². The Bertz CT molecular complexity index is 1040. The summed E-state index contributed by atoms with van der Waals surface area (Å²) < 4.78 is 57.9. The van der Waals surface area contributed by atoms with E-state index in [4.69, 9.17) is 16.3 Å². The highest BCUT2D eigenvalue weighted by Gasteiger charge is 2.48. The van der Waals surface area contributed by atoms with Crippen molar-refractivity contribution >= 4 is 35.2 Å². The van der Waals surface area contributed by atoms with Gasteiger partial charge in [0.15, 0.2) is 0 Å². The molecule has 0 heterocycles. The van der Waals surface area contributed by atoms with Crippen LogP contribution in [0.25, 0.3) is 0 Å². The van der Waals surface area contributed by atoms with Gasteiger partial charge in [-0.05, 0) is 94.4 Å². The molecule has 2 aliphatic carbocycles. The summed E-state index contributed by atoms with van der Waals surface area (Å²) in [6.45, 7) is 4.94. The molecule has 3 N–H and O–H groups in total. The van der Waals surface area contributed by atoms with Crippen molar-refractivity contribution in [1.29, 1.82) is 0 Å². The second-order valence-corrected chi connectivity index (χ2v) is 11.4. The minimum Gasteiger partial charge on any atom is -0.444 e. The number of alkyl halides is 4. The number of anilines is 1. The minimum absolute atomic E-state index is 0.104. The maximum atomic E-state index is 15.1. The van der Waals surface area contributed by atoms with Crippen LogP contribution in [0.15, 0.2) is 12.1 Å². The molecule has 212 valence electrons. The Morgan fingerprint density at radius 1 is 1.05 bits per heavy atom. The molecule has 3 amide bonds. The van der Waals surface area contributed by atoms with Crippen LogP contribution < -0.4 is 16.0 Å². The third kappa shape index (κ3) is 8.47. The first-order valence-electron chi connectivity index (χ1n) is 12.6. The molecule has 1 aromatic carbocycles. The van der Waals surface area contributed by atoms with Gasteiger partial charge in [-0.15, -0.1) is 11.6 Å². The van der Waals surface area contributed by atoms with Crippen LogP contribution in [0.5, 0.6) is 0 Å². The number of hydrogen-bond donors (Lipinski definition) is 3. The van der Waals surface area contributed by atoms with Crippen molar-refractivity contribution in [1.82, 2.24) is 10.6 Å². The molecular weight excluding hydrogens is 530 g/mol. The Labute approximate surface area is 224 Å². The molecule has 2 fully saturated rings. The zero-order valence-electron chi connectivity index (χ0n) is 21.8. The maximum absolute atomic E-state index is 15.1. The fourth-order valence-corrected chi connectivity index (χ4v) is 4.83. The first kappa shape index (κ1) is 30.0. The molecular formula is C26H34ClF4N3O4. The van der Waals surface area contributed by atoms with Gasteiger partial charge in [-0.2, -0.15) is 13.2 Å². The number of rotatable bonds is 10. The lowest BCUT2D eigenvalue weighted by molar-refractivity contribution is -0.139. The lowest BCUT2D eigenvalue weighted by Gasteiger charge is -2.29.